The van der Waals surface area contributed by atoms with Gasteiger partial charge in [0.1, 0.15) is 0 Å². The first-order chi connectivity index (χ1) is 9.26. The fourth-order valence-electron chi connectivity index (χ4n) is 0.765. The Hall–Kier alpha value is -1.56. The first-order valence-electron chi connectivity index (χ1n) is 4.37. The largest absolute Gasteiger partial charge is 0.442 e. The molecule has 21 heavy (non-hydrogen) atoms. The Morgan fingerprint density at radius 2 is 0.857 bits per heavy atom. The van der Waals surface area contributed by atoms with Crippen molar-refractivity contribution in [3.8, 4) is 0 Å². The van der Waals surface area contributed by atoms with Crippen LogP contribution in [0, 0.1) is 0 Å². The summed E-state index contributed by atoms with van der Waals surface area (Å²) in [6.07, 6.45) is -17.7. The highest BCUT2D eigenvalue weighted by atomic mass is 19.3. The van der Waals surface area contributed by atoms with E-state index in [9.17, 15) is 52.7 Å². The third-order valence-electron chi connectivity index (χ3n) is 1.70. The molecule has 0 unspecified atom stereocenters. The first kappa shape index (κ1) is 19.4. The molecule has 0 bridgehead atoms. The molecule has 1 nitrogen and oxygen atoms in total. The Bertz CT molecular complexity index is 389. The van der Waals surface area contributed by atoms with Gasteiger partial charge in [-0.1, -0.05) is 0 Å². The molecule has 0 spiro atoms. The normalized spacial score (nSPS) is 12.7. The Balaban J connectivity index is 5.87. The van der Waals surface area contributed by atoms with Gasteiger partial charge >= 0.3 is 36.9 Å². The van der Waals surface area contributed by atoms with E-state index in [4.69, 9.17) is 0 Å². The van der Waals surface area contributed by atoms with Gasteiger partial charge in [-0.15, -0.1) is 0 Å². The van der Waals surface area contributed by atoms with Crippen molar-refractivity contribution in [2.75, 3.05) is 0 Å². The van der Waals surface area contributed by atoms with Crippen molar-refractivity contribution in [1.82, 2.24) is 0 Å². The molecule has 0 saturated carbocycles. The average molecular weight is 342 g/mol. The van der Waals surface area contributed by atoms with Crippen LogP contribution in [0.2, 0.25) is 0 Å². The summed E-state index contributed by atoms with van der Waals surface area (Å²) in [4.78, 5) is 0. The summed E-state index contributed by atoms with van der Waals surface area (Å²) in [5.41, 5.74) is 0. The summed E-state index contributed by atoms with van der Waals surface area (Å²) in [7, 11) is 0. The molecule has 0 fully saturated rings. The summed E-state index contributed by atoms with van der Waals surface area (Å²) in [6.45, 7) is 0. The second kappa shape index (κ2) is 6.47. The molecule has 0 radical (unpaired) electrons. The molecule has 0 atom stereocenters. The molecule has 13 heteroatoms. The van der Waals surface area contributed by atoms with Crippen LogP contribution >= 0.6 is 0 Å². The molecule has 0 aliphatic heterocycles. The lowest BCUT2D eigenvalue weighted by Crippen LogP contribution is -2.36. The Morgan fingerprint density at radius 3 is 1.00 bits per heavy atom. The van der Waals surface area contributed by atoms with Crippen LogP contribution in [-0.2, 0) is 4.74 Å². The monoisotopic (exact) mass is 342 g/mol. The van der Waals surface area contributed by atoms with Gasteiger partial charge < -0.3 is 4.74 Å². The van der Waals surface area contributed by atoms with E-state index < -0.39 is 48.4 Å². The van der Waals surface area contributed by atoms with Crippen molar-refractivity contribution in [3.63, 3.8) is 0 Å². The molecule has 0 heterocycles. The summed E-state index contributed by atoms with van der Waals surface area (Å²) < 4.78 is 148. The molecular weight excluding hydrogens is 340 g/mol. The third kappa shape index (κ3) is 4.20. The zero-order valence-corrected chi connectivity index (χ0v) is 9.10. The fourth-order valence-corrected chi connectivity index (χ4v) is 0.765. The van der Waals surface area contributed by atoms with Gasteiger partial charge in [-0.05, 0) is 0 Å². The number of alkyl halides is 8. The zero-order valence-electron chi connectivity index (χ0n) is 9.10. The fraction of sp³-hybridized carbons (Fsp3) is 0.500. The van der Waals surface area contributed by atoms with Gasteiger partial charge in [0.2, 0.25) is 11.5 Å². The lowest BCUT2D eigenvalue weighted by molar-refractivity contribution is -0.158. The summed E-state index contributed by atoms with van der Waals surface area (Å²) >= 11 is 0. The molecule has 0 aromatic carbocycles. The minimum absolute atomic E-state index is 2.62. The van der Waals surface area contributed by atoms with Crippen LogP contribution in [0.25, 0.3) is 0 Å². The van der Waals surface area contributed by atoms with Crippen molar-refractivity contribution in [2.24, 2.45) is 0 Å². The zero-order chi connectivity index (χ0) is 17.2. The molecule has 124 valence electrons. The Kier molecular flexibility index (Phi) is 5.99. The third-order valence-corrected chi connectivity index (χ3v) is 1.70. The van der Waals surface area contributed by atoms with E-state index in [1.807, 2.05) is 0 Å². The number of halogens is 12. The lowest BCUT2D eigenvalue weighted by Gasteiger charge is -2.23. The lowest BCUT2D eigenvalue weighted by atomic mass is 10.2. The Morgan fingerprint density at radius 1 is 0.619 bits per heavy atom. The maximum Gasteiger partial charge on any atom is 0.369 e. The van der Waals surface area contributed by atoms with Gasteiger partial charge in [0.15, 0.2) is 0 Å². The highest BCUT2D eigenvalue weighted by Gasteiger charge is 2.55. The van der Waals surface area contributed by atoms with Gasteiger partial charge in [0.05, 0.1) is 0 Å². The van der Waals surface area contributed by atoms with Crippen molar-refractivity contribution >= 4 is 0 Å². The van der Waals surface area contributed by atoms with Crippen molar-refractivity contribution < 1.29 is 57.4 Å². The van der Waals surface area contributed by atoms with Crippen LogP contribution in [-0.4, -0.2) is 24.7 Å². The summed E-state index contributed by atoms with van der Waals surface area (Å²) in [5.74, 6) is -19.1. The molecule has 0 rings (SSSR count). The number of ether oxygens (including phenoxy) is 1. The molecule has 0 aromatic heterocycles. The molecule has 0 aromatic rings. The quantitative estimate of drug-likeness (QED) is 0.487. The molecule has 0 saturated heterocycles. The van der Waals surface area contributed by atoms with Crippen LogP contribution in [0.15, 0.2) is 23.7 Å². The molecular formula is C8H2F12O. The van der Waals surface area contributed by atoms with Gasteiger partial charge in [-0.2, -0.15) is 35.1 Å². The maximum absolute atomic E-state index is 12.6. The van der Waals surface area contributed by atoms with Crippen molar-refractivity contribution in [1.29, 1.82) is 0 Å². The van der Waals surface area contributed by atoms with E-state index in [0.717, 1.165) is 0 Å². The van der Waals surface area contributed by atoms with Crippen LogP contribution < -0.4 is 0 Å². The second-order valence-corrected chi connectivity index (χ2v) is 3.13. The van der Waals surface area contributed by atoms with Gasteiger partial charge in [0.25, 0.3) is 0 Å². The van der Waals surface area contributed by atoms with E-state index in [1.54, 1.807) is 0 Å². The number of rotatable bonds is 6. The molecule has 0 amide bonds. The number of hydrogen-bond acceptors (Lipinski definition) is 1. The Labute approximate surface area is 107 Å². The van der Waals surface area contributed by atoms with Gasteiger partial charge in [-0.3, -0.25) is 0 Å². The van der Waals surface area contributed by atoms with Crippen LogP contribution in [0.1, 0.15) is 0 Å². The van der Waals surface area contributed by atoms with Gasteiger partial charge in [-0.25, -0.2) is 17.6 Å². The predicted molar refractivity (Wildman–Crippen MR) is 41.5 cm³/mol. The van der Waals surface area contributed by atoms with Crippen LogP contribution in [0.3, 0.4) is 0 Å². The van der Waals surface area contributed by atoms with Crippen molar-refractivity contribution in [2.45, 2.75) is 24.7 Å². The maximum atomic E-state index is 12.6. The average Bonchev–Trinajstić information content (AvgIpc) is 2.26. The minimum atomic E-state index is -5.96. The smallest absolute Gasteiger partial charge is 0.369 e. The SMILES string of the molecule is FC(F)=C(OC(=C(F)F)C(F)(F)C(F)F)C(F)(F)C(F)F. The van der Waals surface area contributed by atoms with Gasteiger partial charge in [0, 0.05) is 0 Å². The first-order valence-corrected chi connectivity index (χ1v) is 4.37. The summed E-state index contributed by atoms with van der Waals surface area (Å²) in [6, 6.07) is 0. The van der Waals surface area contributed by atoms with E-state index in [0.29, 0.717) is 0 Å². The minimum Gasteiger partial charge on any atom is -0.442 e. The van der Waals surface area contributed by atoms with Crippen LogP contribution in [0.5, 0.6) is 0 Å². The van der Waals surface area contributed by atoms with E-state index in [-0.39, 0.29) is 0 Å². The number of hydrogen-bond donors (Lipinski definition) is 0. The van der Waals surface area contributed by atoms with E-state index in [2.05, 4.69) is 4.74 Å². The summed E-state index contributed by atoms with van der Waals surface area (Å²) in [5, 5.41) is 0. The molecule has 0 N–H and O–H groups in total. The molecule has 0 aliphatic carbocycles. The van der Waals surface area contributed by atoms with E-state index >= 15 is 0 Å². The predicted octanol–water partition coefficient (Wildman–Crippen LogP) is 5.02. The molecule has 0 aliphatic rings. The van der Waals surface area contributed by atoms with E-state index in [1.165, 1.54) is 0 Å². The van der Waals surface area contributed by atoms with Crippen molar-refractivity contribution in [3.05, 3.63) is 23.7 Å². The standard InChI is InChI=1S/C8H2F12O/c9-3(10)1(7(17,18)5(13)14)21-2(4(11)12)8(19,20)6(15)16/h5-6H. The highest BCUT2D eigenvalue weighted by Crippen LogP contribution is 2.41. The second-order valence-electron chi connectivity index (χ2n) is 3.13. The number of allylic oxidation sites excluding steroid dienone is 2. The topological polar surface area (TPSA) is 9.23 Å². The highest BCUT2D eigenvalue weighted by molar-refractivity contribution is 5.16. The van der Waals surface area contributed by atoms with Crippen LogP contribution in [0.4, 0.5) is 52.7 Å².